The predicted octanol–water partition coefficient (Wildman–Crippen LogP) is 4.98. The van der Waals surface area contributed by atoms with Crippen molar-refractivity contribution < 1.29 is 18.3 Å². The van der Waals surface area contributed by atoms with Crippen molar-refractivity contribution in [3.05, 3.63) is 83.7 Å². The SMILES string of the molecule is Cc1cnccc1-c1cccc(C(C)N(CCCC(=O)O)S(=O)(=O)c2ccccc2C)c1. The van der Waals surface area contributed by atoms with Gasteiger partial charge >= 0.3 is 5.97 Å². The van der Waals surface area contributed by atoms with Crippen LogP contribution in [0.2, 0.25) is 0 Å². The Balaban J connectivity index is 2.02. The van der Waals surface area contributed by atoms with Gasteiger partial charge in [0.2, 0.25) is 10.0 Å². The van der Waals surface area contributed by atoms with Crippen LogP contribution in [0.3, 0.4) is 0 Å². The van der Waals surface area contributed by atoms with Crippen molar-refractivity contribution >= 4 is 16.0 Å². The van der Waals surface area contributed by atoms with Crippen LogP contribution in [0.25, 0.3) is 11.1 Å². The lowest BCUT2D eigenvalue weighted by Crippen LogP contribution is -2.35. The zero-order valence-corrected chi connectivity index (χ0v) is 19.3. The summed E-state index contributed by atoms with van der Waals surface area (Å²) >= 11 is 0. The number of aliphatic carboxylic acids is 1. The van der Waals surface area contributed by atoms with Gasteiger partial charge in [-0.15, -0.1) is 0 Å². The van der Waals surface area contributed by atoms with Crippen molar-refractivity contribution in [1.29, 1.82) is 0 Å². The molecular formula is C25H28N2O4S. The molecule has 0 saturated carbocycles. The van der Waals surface area contributed by atoms with Gasteiger partial charge in [-0.2, -0.15) is 4.31 Å². The Morgan fingerprint density at radius 1 is 1.06 bits per heavy atom. The number of benzene rings is 2. The first kappa shape index (κ1) is 23.6. The number of aromatic nitrogens is 1. The molecular weight excluding hydrogens is 424 g/mol. The lowest BCUT2D eigenvalue weighted by molar-refractivity contribution is -0.137. The first-order valence-corrected chi connectivity index (χ1v) is 12.0. The van der Waals surface area contributed by atoms with Gasteiger partial charge in [-0.3, -0.25) is 9.78 Å². The number of carbonyl (C=O) groups is 1. The first-order chi connectivity index (χ1) is 15.2. The Labute approximate surface area is 189 Å². The van der Waals surface area contributed by atoms with E-state index >= 15 is 0 Å². The fourth-order valence-corrected chi connectivity index (χ4v) is 5.70. The van der Waals surface area contributed by atoms with E-state index in [9.17, 15) is 13.2 Å². The van der Waals surface area contributed by atoms with Crippen LogP contribution < -0.4 is 0 Å². The van der Waals surface area contributed by atoms with Crippen molar-refractivity contribution in [3.63, 3.8) is 0 Å². The molecule has 0 radical (unpaired) electrons. The maximum absolute atomic E-state index is 13.6. The van der Waals surface area contributed by atoms with Gasteiger partial charge < -0.3 is 5.11 Å². The van der Waals surface area contributed by atoms with E-state index in [1.165, 1.54) is 4.31 Å². The van der Waals surface area contributed by atoms with Crippen molar-refractivity contribution in [1.82, 2.24) is 9.29 Å². The highest BCUT2D eigenvalue weighted by Gasteiger charge is 2.31. The minimum absolute atomic E-state index is 0.0945. The third-order valence-electron chi connectivity index (χ3n) is 5.58. The average molecular weight is 453 g/mol. The summed E-state index contributed by atoms with van der Waals surface area (Å²) in [6.45, 7) is 5.71. The Morgan fingerprint density at radius 3 is 2.50 bits per heavy atom. The van der Waals surface area contributed by atoms with Crippen molar-refractivity contribution in [3.8, 4) is 11.1 Å². The number of hydrogen-bond donors (Lipinski definition) is 1. The van der Waals surface area contributed by atoms with Crippen LogP contribution in [-0.2, 0) is 14.8 Å². The molecule has 3 rings (SSSR count). The van der Waals surface area contributed by atoms with Crippen LogP contribution in [0.15, 0.2) is 71.9 Å². The highest BCUT2D eigenvalue weighted by atomic mass is 32.2. The van der Waals surface area contributed by atoms with E-state index in [1.807, 2.05) is 44.2 Å². The third kappa shape index (κ3) is 5.23. The molecule has 0 amide bonds. The predicted molar refractivity (Wildman–Crippen MR) is 125 cm³/mol. The van der Waals surface area contributed by atoms with E-state index in [2.05, 4.69) is 4.98 Å². The molecule has 2 aromatic carbocycles. The second-order valence-corrected chi connectivity index (χ2v) is 9.73. The molecule has 1 atom stereocenters. The highest BCUT2D eigenvalue weighted by Crippen LogP contribution is 2.32. The van der Waals surface area contributed by atoms with Crippen molar-refractivity contribution in [2.24, 2.45) is 0 Å². The number of rotatable bonds is 9. The molecule has 1 heterocycles. The number of hydrogen-bond acceptors (Lipinski definition) is 4. The van der Waals surface area contributed by atoms with E-state index in [0.29, 0.717) is 5.56 Å². The molecule has 0 spiro atoms. The molecule has 0 aliphatic rings. The summed E-state index contributed by atoms with van der Waals surface area (Å²) in [7, 11) is -3.83. The van der Waals surface area contributed by atoms with Gasteiger partial charge in [-0.1, -0.05) is 36.4 Å². The average Bonchev–Trinajstić information content (AvgIpc) is 2.76. The topological polar surface area (TPSA) is 87.6 Å². The molecule has 3 aromatic rings. The summed E-state index contributed by atoms with van der Waals surface area (Å²) in [5, 5.41) is 9.06. The number of carboxylic acids is 1. The molecule has 1 N–H and O–H groups in total. The van der Waals surface area contributed by atoms with E-state index in [0.717, 1.165) is 22.3 Å². The fraction of sp³-hybridized carbons (Fsp3) is 0.280. The van der Waals surface area contributed by atoms with Gasteiger partial charge in [0.1, 0.15) is 0 Å². The second kappa shape index (κ2) is 10.1. The van der Waals surface area contributed by atoms with Crippen LogP contribution in [0.4, 0.5) is 0 Å². The maximum atomic E-state index is 13.6. The lowest BCUT2D eigenvalue weighted by atomic mass is 9.98. The third-order valence-corrected chi connectivity index (χ3v) is 7.71. The standard InChI is InChI=1S/C25H28N2O4S/c1-18-8-4-5-11-24(18)32(30,31)27(15-7-12-25(28)29)20(3)21-9-6-10-22(16-21)23-13-14-26-17-19(23)2/h4-6,8-11,13-14,16-17,20H,7,12,15H2,1-3H3,(H,28,29). The number of sulfonamides is 1. The summed E-state index contributed by atoms with van der Waals surface area (Å²) in [6, 6.07) is 16.1. The molecule has 168 valence electrons. The molecule has 7 heteroatoms. The van der Waals surface area contributed by atoms with Crippen molar-refractivity contribution in [2.45, 2.75) is 44.6 Å². The second-order valence-electron chi connectivity index (χ2n) is 7.87. The zero-order valence-electron chi connectivity index (χ0n) is 18.5. The number of carboxylic acid groups (broad SMARTS) is 1. The van der Waals surface area contributed by atoms with Crippen LogP contribution in [0, 0.1) is 13.8 Å². The van der Waals surface area contributed by atoms with Gasteiger partial charge in [-0.05, 0) is 73.2 Å². The van der Waals surface area contributed by atoms with Gasteiger partial charge in [-0.25, -0.2) is 8.42 Å². The fourth-order valence-electron chi connectivity index (χ4n) is 3.81. The number of aryl methyl sites for hydroxylation is 2. The minimum Gasteiger partial charge on any atom is -0.481 e. The summed E-state index contributed by atoms with van der Waals surface area (Å²) < 4.78 is 28.7. The first-order valence-electron chi connectivity index (χ1n) is 10.5. The van der Waals surface area contributed by atoms with E-state index in [4.69, 9.17) is 5.11 Å². The monoisotopic (exact) mass is 452 g/mol. The minimum atomic E-state index is -3.83. The van der Waals surface area contributed by atoms with E-state index < -0.39 is 22.0 Å². The van der Waals surface area contributed by atoms with Crippen LogP contribution >= 0.6 is 0 Å². The normalized spacial score (nSPS) is 12.6. The van der Waals surface area contributed by atoms with Gasteiger partial charge in [0.15, 0.2) is 0 Å². The summed E-state index contributed by atoms with van der Waals surface area (Å²) in [5.74, 6) is -0.943. The van der Waals surface area contributed by atoms with E-state index in [1.54, 1.807) is 43.6 Å². The summed E-state index contributed by atoms with van der Waals surface area (Å²) in [6.07, 6.45) is 3.67. The molecule has 6 nitrogen and oxygen atoms in total. The summed E-state index contributed by atoms with van der Waals surface area (Å²) in [4.78, 5) is 15.4. The molecule has 0 aliphatic heterocycles. The molecule has 0 bridgehead atoms. The van der Waals surface area contributed by atoms with Gasteiger partial charge in [0.25, 0.3) is 0 Å². The molecule has 1 unspecified atom stereocenters. The summed E-state index contributed by atoms with van der Waals surface area (Å²) in [5.41, 5.74) is 4.54. The maximum Gasteiger partial charge on any atom is 0.303 e. The van der Waals surface area contributed by atoms with Crippen LogP contribution in [0.1, 0.15) is 42.5 Å². The zero-order chi connectivity index (χ0) is 23.3. The number of pyridine rings is 1. The number of nitrogens with zero attached hydrogens (tertiary/aromatic N) is 2. The Hall–Kier alpha value is -3.03. The Morgan fingerprint density at radius 2 is 1.81 bits per heavy atom. The largest absolute Gasteiger partial charge is 0.481 e. The molecule has 1 aromatic heterocycles. The Bertz CT molecular complexity index is 1210. The van der Waals surface area contributed by atoms with E-state index in [-0.39, 0.29) is 24.3 Å². The molecule has 0 aliphatic carbocycles. The van der Waals surface area contributed by atoms with Gasteiger partial charge in [0.05, 0.1) is 4.90 Å². The quantitative estimate of drug-likeness (QED) is 0.495. The lowest BCUT2D eigenvalue weighted by Gasteiger charge is -2.29. The molecule has 0 fully saturated rings. The highest BCUT2D eigenvalue weighted by molar-refractivity contribution is 7.89. The Kier molecular flexibility index (Phi) is 7.43. The molecule has 32 heavy (non-hydrogen) atoms. The van der Waals surface area contributed by atoms with Crippen molar-refractivity contribution in [2.75, 3.05) is 6.54 Å². The van der Waals surface area contributed by atoms with Crippen LogP contribution in [0.5, 0.6) is 0 Å². The molecule has 0 saturated heterocycles. The smallest absolute Gasteiger partial charge is 0.303 e. The van der Waals surface area contributed by atoms with Gasteiger partial charge in [0, 0.05) is 31.4 Å². The van der Waals surface area contributed by atoms with Crippen LogP contribution in [-0.4, -0.2) is 35.3 Å².